The van der Waals surface area contributed by atoms with Gasteiger partial charge in [-0.25, -0.2) is 0 Å². The zero-order chi connectivity index (χ0) is 13.2. The van der Waals surface area contributed by atoms with Gasteiger partial charge in [-0.3, -0.25) is 4.79 Å². The maximum absolute atomic E-state index is 10.3. The second-order valence-corrected chi connectivity index (χ2v) is 4.98. The number of hydrogen-bond donors (Lipinski definition) is 1. The second kappa shape index (κ2) is 8.78. The molecule has 0 atom stereocenters. The van der Waals surface area contributed by atoms with Crippen molar-refractivity contribution in [2.24, 2.45) is 7.05 Å². The molecule has 0 saturated carbocycles. The average Bonchev–Trinajstić information content (AvgIpc) is 2.72. The van der Waals surface area contributed by atoms with Gasteiger partial charge < -0.3 is 9.67 Å². The third-order valence-corrected chi connectivity index (χ3v) is 3.37. The number of nitrogens with zero attached hydrogens (tertiary/aromatic N) is 1. The van der Waals surface area contributed by atoms with Gasteiger partial charge in [0, 0.05) is 25.4 Å². The van der Waals surface area contributed by atoms with Crippen LogP contribution in [-0.4, -0.2) is 15.6 Å². The lowest BCUT2D eigenvalue weighted by Gasteiger charge is -2.03. The fourth-order valence-electron chi connectivity index (χ4n) is 2.22. The normalized spacial score (nSPS) is 10.7. The minimum absolute atomic E-state index is 0.327. The summed E-state index contributed by atoms with van der Waals surface area (Å²) < 4.78 is 2.19. The Morgan fingerprint density at radius 1 is 1.11 bits per heavy atom. The van der Waals surface area contributed by atoms with Crippen LogP contribution in [0.3, 0.4) is 0 Å². The molecule has 0 saturated heterocycles. The van der Waals surface area contributed by atoms with Crippen molar-refractivity contribution in [2.75, 3.05) is 0 Å². The maximum Gasteiger partial charge on any atom is 0.303 e. The van der Waals surface area contributed by atoms with E-state index in [4.69, 9.17) is 5.11 Å². The summed E-state index contributed by atoms with van der Waals surface area (Å²) in [6.07, 6.45) is 11.7. The average molecular weight is 251 g/mol. The van der Waals surface area contributed by atoms with Crippen LogP contribution in [0.4, 0.5) is 0 Å². The van der Waals surface area contributed by atoms with Crippen LogP contribution in [0.2, 0.25) is 0 Å². The molecule has 0 aliphatic rings. The molecule has 0 bridgehead atoms. The molecule has 0 radical (unpaired) electrons. The van der Waals surface area contributed by atoms with E-state index in [2.05, 4.69) is 29.9 Å². The summed E-state index contributed by atoms with van der Waals surface area (Å²) in [6.45, 7) is 0. The number of aliphatic carboxylic acids is 1. The molecular weight excluding hydrogens is 226 g/mol. The van der Waals surface area contributed by atoms with Gasteiger partial charge in [0.05, 0.1) is 0 Å². The monoisotopic (exact) mass is 251 g/mol. The number of unbranched alkanes of at least 4 members (excludes halogenated alkanes) is 6. The zero-order valence-electron chi connectivity index (χ0n) is 11.4. The number of carbonyl (C=O) groups is 1. The van der Waals surface area contributed by atoms with Gasteiger partial charge in [-0.1, -0.05) is 32.1 Å². The molecule has 0 unspecified atom stereocenters. The van der Waals surface area contributed by atoms with Crippen molar-refractivity contribution in [3.63, 3.8) is 0 Å². The summed E-state index contributed by atoms with van der Waals surface area (Å²) in [7, 11) is 2.10. The van der Waals surface area contributed by atoms with Gasteiger partial charge in [-0.15, -0.1) is 0 Å². The van der Waals surface area contributed by atoms with Crippen molar-refractivity contribution in [2.45, 2.75) is 57.8 Å². The molecule has 1 N–H and O–H groups in total. The van der Waals surface area contributed by atoms with E-state index >= 15 is 0 Å². The molecule has 0 spiro atoms. The summed E-state index contributed by atoms with van der Waals surface area (Å²) in [5.41, 5.74) is 1.41. The van der Waals surface area contributed by atoms with Crippen LogP contribution in [0.15, 0.2) is 18.3 Å². The molecule has 3 heteroatoms. The highest BCUT2D eigenvalue weighted by molar-refractivity contribution is 5.66. The fourth-order valence-corrected chi connectivity index (χ4v) is 2.22. The maximum atomic E-state index is 10.3. The molecule has 1 aromatic rings. The molecule has 1 heterocycles. The first-order chi connectivity index (χ1) is 8.70. The smallest absolute Gasteiger partial charge is 0.303 e. The molecule has 1 rings (SSSR count). The highest BCUT2D eigenvalue weighted by atomic mass is 16.4. The molecule has 3 nitrogen and oxygen atoms in total. The van der Waals surface area contributed by atoms with Crippen LogP contribution in [0.25, 0.3) is 0 Å². The minimum atomic E-state index is -0.669. The van der Waals surface area contributed by atoms with Gasteiger partial charge in [-0.05, 0) is 31.4 Å². The van der Waals surface area contributed by atoms with Crippen LogP contribution in [0.5, 0.6) is 0 Å². The Bertz CT molecular complexity index is 344. The van der Waals surface area contributed by atoms with E-state index in [1.165, 1.54) is 44.2 Å². The summed E-state index contributed by atoms with van der Waals surface area (Å²) >= 11 is 0. The second-order valence-electron chi connectivity index (χ2n) is 4.98. The van der Waals surface area contributed by atoms with E-state index in [-0.39, 0.29) is 0 Å². The van der Waals surface area contributed by atoms with Crippen LogP contribution >= 0.6 is 0 Å². The quantitative estimate of drug-likeness (QED) is 0.643. The number of aromatic nitrogens is 1. The standard InChI is InChI=1S/C15H25NO2/c1-16-13-9-11-14(16)10-7-5-3-2-4-6-8-12-15(17)18/h9,11,13H,2-8,10,12H2,1H3,(H,17,18). The van der Waals surface area contributed by atoms with Gasteiger partial charge >= 0.3 is 5.97 Å². The van der Waals surface area contributed by atoms with Crippen molar-refractivity contribution in [1.29, 1.82) is 0 Å². The highest BCUT2D eigenvalue weighted by Gasteiger charge is 1.98. The molecule has 18 heavy (non-hydrogen) atoms. The SMILES string of the molecule is Cn1cccc1CCCCCCCCCC(=O)O. The number of hydrogen-bond acceptors (Lipinski definition) is 1. The minimum Gasteiger partial charge on any atom is -0.481 e. The van der Waals surface area contributed by atoms with Gasteiger partial charge in [-0.2, -0.15) is 0 Å². The Morgan fingerprint density at radius 3 is 2.28 bits per heavy atom. The topological polar surface area (TPSA) is 42.2 Å². The Labute approximate surface area is 110 Å². The summed E-state index contributed by atoms with van der Waals surface area (Å²) in [5.74, 6) is -0.669. The zero-order valence-corrected chi connectivity index (χ0v) is 11.4. The Morgan fingerprint density at radius 2 is 1.72 bits per heavy atom. The van der Waals surface area contributed by atoms with Crippen molar-refractivity contribution in [3.8, 4) is 0 Å². The molecule has 0 amide bonds. The lowest BCUT2D eigenvalue weighted by molar-refractivity contribution is -0.137. The Hall–Kier alpha value is -1.25. The molecule has 0 fully saturated rings. The fraction of sp³-hybridized carbons (Fsp3) is 0.667. The first-order valence-corrected chi connectivity index (χ1v) is 7.02. The van der Waals surface area contributed by atoms with E-state index in [9.17, 15) is 4.79 Å². The van der Waals surface area contributed by atoms with Crippen molar-refractivity contribution in [1.82, 2.24) is 4.57 Å². The van der Waals surface area contributed by atoms with E-state index in [1.807, 2.05) is 0 Å². The van der Waals surface area contributed by atoms with Crippen molar-refractivity contribution in [3.05, 3.63) is 24.0 Å². The van der Waals surface area contributed by atoms with E-state index in [1.54, 1.807) is 0 Å². The van der Waals surface area contributed by atoms with Crippen LogP contribution < -0.4 is 0 Å². The third-order valence-electron chi connectivity index (χ3n) is 3.37. The molecule has 1 aromatic heterocycles. The molecule has 102 valence electrons. The van der Waals surface area contributed by atoms with Gasteiger partial charge in [0.25, 0.3) is 0 Å². The Balaban J connectivity index is 1.87. The molecular formula is C15H25NO2. The predicted octanol–water partition coefficient (Wildman–Crippen LogP) is 3.77. The van der Waals surface area contributed by atoms with Crippen LogP contribution in [0, 0.1) is 0 Å². The number of aryl methyl sites for hydroxylation is 2. The first-order valence-electron chi connectivity index (χ1n) is 7.02. The first kappa shape index (κ1) is 14.8. The lowest BCUT2D eigenvalue weighted by atomic mass is 10.1. The summed E-state index contributed by atoms with van der Waals surface area (Å²) in [6, 6.07) is 4.28. The number of rotatable bonds is 10. The largest absolute Gasteiger partial charge is 0.481 e. The van der Waals surface area contributed by atoms with Crippen molar-refractivity contribution >= 4 is 5.97 Å². The van der Waals surface area contributed by atoms with Crippen LogP contribution in [-0.2, 0) is 18.3 Å². The molecule has 0 aliphatic heterocycles. The van der Waals surface area contributed by atoms with E-state index in [0.717, 1.165) is 12.8 Å². The van der Waals surface area contributed by atoms with Crippen molar-refractivity contribution < 1.29 is 9.90 Å². The van der Waals surface area contributed by atoms with Crippen LogP contribution in [0.1, 0.15) is 57.1 Å². The van der Waals surface area contributed by atoms with Gasteiger partial charge in [0.2, 0.25) is 0 Å². The number of carboxylic acids is 1. The van der Waals surface area contributed by atoms with E-state index < -0.39 is 5.97 Å². The third kappa shape index (κ3) is 6.48. The van der Waals surface area contributed by atoms with Gasteiger partial charge in [0.1, 0.15) is 0 Å². The summed E-state index contributed by atoms with van der Waals surface area (Å²) in [4.78, 5) is 10.3. The Kier molecular flexibility index (Phi) is 7.23. The molecule has 0 aromatic carbocycles. The molecule has 0 aliphatic carbocycles. The van der Waals surface area contributed by atoms with Gasteiger partial charge in [0.15, 0.2) is 0 Å². The summed E-state index contributed by atoms with van der Waals surface area (Å²) in [5, 5.41) is 8.50. The lowest BCUT2D eigenvalue weighted by Crippen LogP contribution is -1.95. The highest BCUT2D eigenvalue weighted by Crippen LogP contribution is 2.11. The van der Waals surface area contributed by atoms with E-state index in [0.29, 0.717) is 6.42 Å². The number of carboxylic acid groups (broad SMARTS) is 1. The predicted molar refractivity (Wildman–Crippen MR) is 73.7 cm³/mol.